The molecule has 0 fully saturated rings. The Kier molecular flexibility index (Phi) is 3.04. The molecule has 0 atom stereocenters. The molecule has 3 aromatic heterocycles. The van der Waals surface area contributed by atoms with Gasteiger partial charge in [-0.05, 0) is 47.1 Å². The van der Waals surface area contributed by atoms with Crippen LogP contribution in [0.3, 0.4) is 0 Å². The van der Waals surface area contributed by atoms with Crippen LogP contribution in [0.25, 0.3) is 28.3 Å². The van der Waals surface area contributed by atoms with Gasteiger partial charge >= 0.3 is 0 Å². The van der Waals surface area contributed by atoms with Gasteiger partial charge in [-0.2, -0.15) is 4.98 Å². The third-order valence-electron chi connectivity index (χ3n) is 3.38. The smallest absolute Gasteiger partial charge is 0.276 e. The van der Waals surface area contributed by atoms with Gasteiger partial charge in [0, 0.05) is 21.7 Å². The summed E-state index contributed by atoms with van der Waals surface area (Å²) in [6.45, 7) is 1.79. The Morgan fingerprint density at radius 1 is 1.05 bits per heavy atom. The van der Waals surface area contributed by atoms with E-state index in [0.717, 1.165) is 21.2 Å². The predicted molar refractivity (Wildman–Crippen MR) is 86.8 cm³/mol. The summed E-state index contributed by atoms with van der Waals surface area (Å²) in [6, 6.07) is 14.0. The van der Waals surface area contributed by atoms with Crippen LogP contribution in [0, 0.1) is 6.92 Å². The minimum Gasteiger partial charge on any atom is -0.332 e. The third-order valence-corrected chi connectivity index (χ3v) is 4.02. The van der Waals surface area contributed by atoms with E-state index in [9.17, 15) is 0 Å². The van der Waals surface area contributed by atoms with Crippen LogP contribution < -0.4 is 0 Å². The van der Waals surface area contributed by atoms with Gasteiger partial charge in [0.25, 0.3) is 5.89 Å². The van der Waals surface area contributed by atoms with Crippen molar-refractivity contribution in [3.05, 3.63) is 59.0 Å². The number of aromatic nitrogens is 4. The van der Waals surface area contributed by atoms with Crippen molar-refractivity contribution in [3.8, 4) is 17.3 Å². The zero-order chi connectivity index (χ0) is 15.1. The highest BCUT2D eigenvalue weighted by Gasteiger charge is 2.14. The van der Waals surface area contributed by atoms with E-state index in [2.05, 4.69) is 26.1 Å². The molecule has 4 aromatic rings. The van der Waals surface area contributed by atoms with Gasteiger partial charge in [0.2, 0.25) is 0 Å². The Balaban J connectivity index is 1.95. The third kappa shape index (κ3) is 2.12. The van der Waals surface area contributed by atoms with E-state index >= 15 is 0 Å². The quantitative estimate of drug-likeness (QED) is 0.542. The molecule has 5 nitrogen and oxygen atoms in total. The van der Waals surface area contributed by atoms with E-state index in [1.807, 2.05) is 53.2 Å². The van der Waals surface area contributed by atoms with Gasteiger partial charge < -0.3 is 9.09 Å². The Labute approximate surface area is 134 Å². The van der Waals surface area contributed by atoms with Crippen LogP contribution in [0.5, 0.6) is 0 Å². The number of hydrogen-bond acceptors (Lipinski definition) is 4. The van der Waals surface area contributed by atoms with E-state index in [1.165, 1.54) is 0 Å². The summed E-state index contributed by atoms with van der Waals surface area (Å²) in [5.41, 5.74) is 2.55. The number of hydrogen-bond donors (Lipinski definition) is 0. The minimum atomic E-state index is 0.427. The van der Waals surface area contributed by atoms with Crippen molar-refractivity contribution in [3.63, 3.8) is 0 Å². The molecule has 6 heteroatoms. The molecule has 0 saturated heterocycles. The molecular formula is C16H11BrN4O. The molecule has 1 aromatic carbocycles. The van der Waals surface area contributed by atoms with E-state index in [0.29, 0.717) is 17.4 Å². The molecule has 0 aliphatic heterocycles. The van der Waals surface area contributed by atoms with Gasteiger partial charge in [-0.15, -0.1) is 0 Å². The summed E-state index contributed by atoms with van der Waals surface area (Å²) in [6.07, 6.45) is 2.01. The fourth-order valence-corrected chi connectivity index (χ4v) is 2.88. The van der Waals surface area contributed by atoms with E-state index in [-0.39, 0.29) is 0 Å². The molecule has 0 aliphatic carbocycles. The molecule has 0 radical (unpaired) electrons. The van der Waals surface area contributed by atoms with E-state index < -0.39 is 0 Å². The molecule has 0 aliphatic rings. The van der Waals surface area contributed by atoms with Crippen molar-refractivity contribution in [2.24, 2.45) is 0 Å². The van der Waals surface area contributed by atoms with Crippen LogP contribution in [-0.2, 0) is 0 Å². The normalized spacial score (nSPS) is 11.2. The van der Waals surface area contributed by atoms with Gasteiger partial charge in [-0.1, -0.05) is 23.4 Å². The molecule has 4 rings (SSSR count). The fraction of sp³-hybridized carbons (Fsp3) is 0.0625. The van der Waals surface area contributed by atoms with Gasteiger partial charge in [0.15, 0.2) is 5.82 Å². The van der Waals surface area contributed by atoms with Crippen molar-refractivity contribution < 1.29 is 4.52 Å². The highest BCUT2D eigenvalue weighted by Crippen LogP contribution is 2.29. The van der Waals surface area contributed by atoms with Crippen molar-refractivity contribution in [2.45, 2.75) is 6.92 Å². The van der Waals surface area contributed by atoms with Crippen molar-refractivity contribution >= 4 is 27.0 Å². The Bertz CT molecular complexity index is 959. The number of benzene rings is 1. The van der Waals surface area contributed by atoms with Crippen LogP contribution in [0.4, 0.5) is 0 Å². The Morgan fingerprint density at radius 3 is 2.59 bits per heavy atom. The van der Waals surface area contributed by atoms with Crippen LogP contribution in [0.2, 0.25) is 0 Å². The maximum absolute atomic E-state index is 5.21. The average molecular weight is 355 g/mol. The van der Waals surface area contributed by atoms with E-state index in [1.54, 1.807) is 6.92 Å². The molecule has 0 saturated carbocycles. The van der Waals surface area contributed by atoms with Gasteiger partial charge in [0.1, 0.15) is 11.3 Å². The fourth-order valence-electron chi connectivity index (χ4n) is 2.37. The molecule has 108 valence electrons. The summed E-state index contributed by atoms with van der Waals surface area (Å²) in [5, 5.41) is 4.85. The SMILES string of the molecule is Cc1noc(-c2ccc3c(Br)cn(-c4ccccc4)c3n2)n1. The molecule has 22 heavy (non-hydrogen) atoms. The monoisotopic (exact) mass is 354 g/mol. The lowest BCUT2D eigenvalue weighted by Gasteiger charge is -2.04. The Hall–Kier alpha value is -2.47. The summed E-state index contributed by atoms with van der Waals surface area (Å²) in [4.78, 5) is 8.93. The van der Waals surface area contributed by atoms with Gasteiger partial charge in [0.05, 0.1) is 0 Å². The maximum Gasteiger partial charge on any atom is 0.276 e. The van der Waals surface area contributed by atoms with Crippen LogP contribution >= 0.6 is 15.9 Å². The Morgan fingerprint density at radius 2 is 1.86 bits per heavy atom. The first-order valence-corrected chi connectivity index (χ1v) is 7.55. The second kappa shape index (κ2) is 5.06. The zero-order valence-corrected chi connectivity index (χ0v) is 13.3. The number of nitrogens with zero attached hydrogens (tertiary/aromatic N) is 4. The highest BCUT2D eigenvalue weighted by atomic mass is 79.9. The minimum absolute atomic E-state index is 0.427. The van der Waals surface area contributed by atoms with Crippen LogP contribution in [0.15, 0.2) is 57.7 Å². The first kappa shape index (κ1) is 13.2. The predicted octanol–water partition coefficient (Wildman–Crippen LogP) is 4.15. The molecule has 0 spiro atoms. The lowest BCUT2D eigenvalue weighted by Crippen LogP contribution is -1.94. The second-order valence-corrected chi connectivity index (χ2v) is 5.75. The standard InChI is InChI=1S/C16H11BrN4O/c1-10-18-16(22-20-10)14-8-7-12-13(17)9-21(15(12)19-14)11-5-3-2-4-6-11/h2-9H,1H3. The van der Waals surface area contributed by atoms with Crippen LogP contribution in [-0.4, -0.2) is 19.7 Å². The van der Waals surface area contributed by atoms with Gasteiger partial charge in [-0.25, -0.2) is 4.98 Å². The summed E-state index contributed by atoms with van der Waals surface area (Å²) in [7, 11) is 0. The molecule has 0 amide bonds. The number of para-hydroxylation sites is 1. The molecule has 0 bridgehead atoms. The number of rotatable bonds is 2. The lowest BCUT2D eigenvalue weighted by atomic mass is 10.3. The number of fused-ring (bicyclic) bond motifs is 1. The molecular weight excluding hydrogens is 344 g/mol. The van der Waals surface area contributed by atoms with Gasteiger partial charge in [-0.3, -0.25) is 0 Å². The average Bonchev–Trinajstić information content (AvgIpc) is 3.12. The van der Waals surface area contributed by atoms with Crippen molar-refractivity contribution in [1.82, 2.24) is 19.7 Å². The summed E-state index contributed by atoms with van der Waals surface area (Å²) >= 11 is 3.59. The maximum atomic E-state index is 5.21. The second-order valence-electron chi connectivity index (χ2n) is 4.90. The topological polar surface area (TPSA) is 56.7 Å². The largest absolute Gasteiger partial charge is 0.332 e. The number of pyridine rings is 1. The van der Waals surface area contributed by atoms with Crippen molar-refractivity contribution in [1.29, 1.82) is 0 Å². The lowest BCUT2D eigenvalue weighted by molar-refractivity contribution is 0.424. The first-order chi connectivity index (χ1) is 10.7. The zero-order valence-electron chi connectivity index (χ0n) is 11.7. The van der Waals surface area contributed by atoms with Crippen molar-refractivity contribution in [2.75, 3.05) is 0 Å². The summed E-state index contributed by atoms with van der Waals surface area (Å²) in [5.74, 6) is 1.02. The summed E-state index contributed by atoms with van der Waals surface area (Å²) < 4.78 is 8.23. The van der Waals surface area contributed by atoms with Crippen LogP contribution in [0.1, 0.15) is 5.82 Å². The number of aryl methyl sites for hydroxylation is 1. The molecule has 0 N–H and O–H groups in total. The number of halogens is 1. The first-order valence-electron chi connectivity index (χ1n) is 6.76. The molecule has 0 unspecified atom stereocenters. The highest BCUT2D eigenvalue weighted by molar-refractivity contribution is 9.10. The van der Waals surface area contributed by atoms with E-state index in [4.69, 9.17) is 9.51 Å². The molecule has 3 heterocycles.